The lowest BCUT2D eigenvalue weighted by molar-refractivity contribution is -0.136. The van der Waals surface area contributed by atoms with E-state index in [-0.39, 0.29) is 12.2 Å². The molecule has 0 saturated heterocycles. The van der Waals surface area contributed by atoms with Gasteiger partial charge in [-0.3, -0.25) is 9.78 Å². The van der Waals surface area contributed by atoms with Crippen LogP contribution in [0, 0.1) is 12.7 Å². The van der Waals surface area contributed by atoms with Crippen LogP contribution in [-0.4, -0.2) is 37.3 Å². The summed E-state index contributed by atoms with van der Waals surface area (Å²) in [5, 5.41) is 15.5. The average Bonchev–Trinajstić information content (AvgIpc) is 3.58. The van der Waals surface area contributed by atoms with E-state index < -0.39 is 5.97 Å². The minimum Gasteiger partial charge on any atom is -0.493 e. The van der Waals surface area contributed by atoms with Crippen LogP contribution in [0.2, 0.25) is 0 Å². The van der Waals surface area contributed by atoms with Crippen LogP contribution in [-0.2, 0) is 24.1 Å². The van der Waals surface area contributed by atoms with Crippen molar-refractivity contribution in [2.24, 2.45) is 0 Å². The van der Waals surface area contributed by atoms with Gasteiger partial charge in [-0.25, -0.2) is 13.9 Å². The number of aliphatic carboxylic acids is 1. The van der Waals surface area contributed by atoms with Gasteiger partial charge >= 0.3 is 5.97 Å². The van der Waals surface area contributed by atoms with Gasteiger partial charge in [0.25, 0.3) is 0 Å². The van der Waals surface area contributed by atoms with E-state index in [1.807, 2.05) is 37.4 Å². The first kappa shape index (κ1) is 24.0. The minimum atomic E-state index is -0.925. The maximum atomic E-state index is 13.3. The molecule has 6 aromatic rings. The molecule has 0 atom stereocenters. The largest absolute Gasteiger partial charge is 0.493 e. The summed E-state index contributed by atoms with van der Waals surface area (Å²) in [5.41, 5.74) is 7.08. The van der Waals surface area contributed by atoms with Crippen LogP contribution < -0.4 is 4.74 Å². The zero-order chi connectivity index (χ0) is 27.4. The Morgan fingerprint density at radius 2 is 1.98 bits per heavy atom. The maximum Gasteiger partial charge on any atom is 0.307 e. The predicted molar refractivity (Wildman–Crippen MR) is 146 cm³/mol. The number of hydrogen-bond donors (Lipinski definition) is 1. The van der Waals surface area contributed by atoms with Gasteiger partial charge in [-0.05, 0) is 65.6 Å². The molecule has 0 fully saturated rings. The fourth-order valence-electron chi connectivity index (χ4n) is 5.49. The molecule has 0 radical (unpaired) electrons. The van der Waals surface area contributed by atoms with Gasteiger partial charge in [0.15, 0.2) is 0 Å². The highest BCUT2D eigenvalue weighted by atomic mass is 19.1. The number of carbonyl (C=O) groups is 1. The quantitative estimate of drug-likeness (QED) is 0.288. The zero-order valence-electron chi connectivity index (χ0n) is 21.5. The molecule has 0 aliphatic carbocycles. The second kappa shape index (κ2) is 9.30. The SMILES string of the molecule is Cc1cn2nc(-c3ncc(Cc4ccc(F)cc4)o3)cc2c(-c2ccc3c4c(ccnc24)CCO3)c1CC(=O)O. The van der Waals surface area contributed by atoms with Crippen LogP contribution >= 0.6 is 0 Å². The van der Waals surface area contributed by atoms with E-state index in [9.17, 15) is 14.3 Å². The van der Waals surface area contributed by atoms with Gasteiger partial charge < -0.3 is 14.3 Å². The molecule has 5 heterocycles. The molecule has 7 rings (SSSR count). The first-order chi connectivity index (χ1) is 19.4. The number of carboxylic acid groups (broad SMARTS) is 1. The summed E-state index contributed by atoms with van der Waals surface area (Å²) in [7, 11) is 0. The highest BCUT2D eigenvalue weighted by Crippen LogP contribution is 2.41. The molecule has 2 aromatic carbocycles. The smallest absolute Gasteiger partial charge is 0.307 e. The number of rotatable bonds is 6. The fraction of sp³-hybridized carbons (Fsp3) is 0.161. The van der Waals surface area contributed by atoms with Gasteiger partial charge in [-0.1, -0.05) is 12.1 Å². The van der Waals surface area contributed by atoms with Crippen molar-refractivity contribution in [1.29, 1.82) is 0 Å². The van der Waals surface area contributed by atoms with Crippen LogP contribution in [0.25, 0.3) is 39.1 Å². The molecule has 0 spiro atoms. The van der Waals surface area contributed by atoms with Gasteiger partial charge in [0, 0.05) is 41.7 Å². The summed E-state index contributed by atoms with van der Waals surface area (Å²) >= 11 is 0. The molecular formula is C31H23FN4O4. The number of fused-ring (bicyclic) bond motifs is 1. The number of aromatic nitrogens is 4. The number of benzene rings is 2. The van der Waals surface area contributed by atoms with Gasteiger partial charge in [0.2, 0.25) is 5.89 Å². The third-order valence-electron chi connectivity index (χ3n) is 7.32. The molecular weight excluding hydrogens is 511 g/mol. The maximum absolute atomic E-state index is 13.3. The van der Waals surface area contributed by atoms with Gasteiger partial charge in [0.05, 0.1) is 30.3 Å². The van der Waals surface area contributed by atoms with Crippen molar-refractivity contribution in [2.75, 3.05) is 6.61 Å². The number of oxazole rings is 1. The minimum absolute atomic E-state index is 0.154. The molecule has 0 amide bonds. The Hall–Kier alpha value is -5.05. The third-order valence-corrected chi connectivity index (χ3v) is 7.32. The van der Waals surface area contributed by atoms with Crippen molar-refractivity contribution in [3.8, 4) is 28.5 Å². The van der Waals surface area contributed by atoms with E-state index in [0.717, 1.165) is 56.4 Å². The standard InChI is InChI=1S/C31H23FN4O4/c1-17-16-36-25(14-24(35-36)31-34-15-21(40-31)12-18-2-4-20(32)5-3-18)29(23(17)13-27(37)38)22-6-7-26-28-19(9-11-39-26)8-10-33-30(22)28/h2-8,10,14-16H,9,11-13H2,1H3,(H,37,38). The molecule has 40 heavy (non-hydrogen) atoms. The number of nitrogens with zero attached hydrogens (tertiary/aromatic N) is 4. The summed E-state index contributed by atoms with van der Waals surface area (Å²) in [6.45, 7) is 2.49. The zero-order valence-corrected chi connectivity index (χ0v) is 21.5. The predicted octanol–water partition coefficient (Wildman–Crippen LogP) is 5.80. The Kier molecular flexibility index (Phi) is 5.59. The number of halogens is 1. The van der Waals surface area contributed by atoms with Crippen LogP contribution in [0.4, 0.5) is 4.39 Å². The van der Waals surface area contributed by atoms with Crippen molar-refractivity contribution in [3.05, 3.63) is 101 Å². The molecule has 1 aliphatic heterocycles. The van der Waals surface area contributed by atoms with Crippen LogP contribution in [0.1, 0.15) is 28.0 Å². The van der Waals surface area contributed by atoms with Gasteiger partial charge in [-0.15, -0.1) is 0 Å². The van der Waals surface area contributed by atoms with Gasteiger partial charge in [0.1, 0.15) is 23.0 Å². The lowest BCUT2D eigenvalue weighted by Gasteiger charge is -2.21. The molecule has 1 N–H and O–H groups in total. The Bertz CT molecular complexity index is 1930. The Morgan fingerprint density at radius 3 is 2.80 bits per heavy atom. The number of hydrogen-bond acceptors (Lipinski definition) is 6. The molecule has 4 aromatic heterocycles. The molecule has 0 saturated carbocycles. The van der Waals surface area contributed by atoms with Crippen LogP contribution in [0.3, 0.4) is 0 Å². The van der Waals surface area contributed by atoms with Crippen molar-refractivity contribution < 1.29 is 23.4 Å². The van der Waals surface area contributed by atoms with E-state index in [4.69, 9.17) is 19.2 Å². The van der Waals surface area contributed by atoms with E-state index in [1.54, 1.807) is 29.0 Å². The first-order valence-corrected chi connectivity index (χ1v) is 12.9. The number of ether oxygens (including phenoxy) is 1. The van der Waals surface area contributed by atoms with Crippen LogP contribution in [0.5, 0.6) is 5.75 Å². The van der Waals surface area contributed by atoms with Gasteiger partial charge in [-0.2, -0.15) is 5.10 Å². The lowest BCUT2D eigenvalue weighted by Crippen LogP contribution is -2.10. The van der Waals surface area contributed by atoms with E-state index in [2.05, 4.69) is 4.98 Å². The number of pyridine rings is 2. The molecule has 8 nitrogen and oxygen atoms in total. The number of carboxylic acids is 1. The summed E-state index contributed by atoms with van der Waals surface area (Å²) in [6.07, 6.45) is 6.34. The Labute approximate surface area is 227 Å². The Morgan fingerprint density at radius 1 is 1.12 bits per heavy atom. The second-order valence-corrected chi connectivity index (χ2v) is 9.93. The highest BCUT2D eigenvalue weighted by molar-refractivity contribution is 6.04. The summed E-state index contributed by atoms with van der Waals surface area (Å²) in [4.78, 5) is 21.1. The average molecular weight is 535 g/mol. The lowest BCUT2D eigenvalue weighted by atomic mass is 9.91. The van der Waals surface area contributed by atoms with Crippen molar-refractivity contribution in [2.45, 2.75) is 26.2 Å². The molecule has 1 aliphatic rings. The topological polar surface area (TPSA) is 103 Å². The van der Waals surface area contributed by atoms with E-state index in [0.29, 0.717) is 35.9 Å². The normalized spacial score (nSPS) is 12.7. The molecule has 9 heteroatoms. The molecule has 0 unspecified atom stereocenters. The second-order valence-electron chi connectivity index (χ2n) is 9.93. The Balaban J connectivity index is 1.39. The van der Waals surface area contributed by atoms with E-state index >= 15 is 0 Å². The summed E-state index contributed by atoms with van der Waals surface area (Å²) < 4.78 is 27.0. The van der Waals surface area contributed by atoms with E-state index in [1.165, 1.54) is 12.1 Å². The number of aryl methyl sites for hydroxylation is 1. The highest BCUT2D eigenvalue weighted by Gasteiger charge is 2.24. The van der Waals surface area contributed by atoms with Crippen molar-refractivity contribution in [3.63, 3.8) is 0 Å². The molecule has 198 valence electrons. The monoisotopic (exact) mass is 534 g/mol. The van der Waals surface area contributed by atoms with Crippen LogP contribution in [0.15, 0.2) is 71.5 Å². The molecule has 0 bridgehead atoms. The fourth-order valence-corrected chi connectivity index (χ4v) is 5.49. The summed E-state index contributed by atoms with van der Waals surface area (Å²) in [6, 6.07) is 14.0. The summed E-state index contributed by atoms with van der Waals surface area (Å²) in [5.74, 6) is 0.519. The van der Waals surface area contributed by atoms with Crippen molar-refractivity contribution >= 4 is 22.4 Å². The third kappa shape index (κ3) is 4.07. The van der Waals surface area contributed by atoms with Crippen molar-refractivity contribution in [1.82, 2.24) is 19.6 Å². The first-order valence-electron chi connectivity index (χ1n) is 12.9.